The lowest BCUT2D eigenvalue weighted by atomic mass is 10.1. The number of nitrogens with one attached hydrogen (secondary N) is 2. The van der Waals surface area contributed by atoms with Gasteiger partial charge in [0.25, 0.3) is 0 Å². The second-order valence-electron chi connectivity index (χ2n) is 6.68. The number of hydrogen-bond donors (Lipinski definition) is 2. The summed E-state index contributed by atoms with van der Waals surface area (Å²) in [6.07, 6.45) is 4.05. The maximum atomic E-state index is 12.2. The zero-order valence-corrected chi connectivity index (χ0v) is 16.0. The van der Waals surface area contributed by atoms with E-state index in [1.54, 1.807) is 7.11 Å². The van der Waals surface area contributed by atoms with Crippen LogP contribution in [0.15, 0.2) is 58.3 Å². The van der Waals surface area contributed by atoms with E-state index in [-0.39, 0.29) is 6.03 Å². The Balaban J connectivity index is 1.68. The van der Waals surface area contributed by atoms with Gasteiger partial charge >= 0.3 is 6.03 Å². The molecule has 1 aliphatic carbocycles. The number of ether oxygens (including phenoxy) is 1. The Morgan fingerprint density at radius 1 is 1.07 bits per heavy atom. The third-order valence-electron chi connectivity index (χ3n) is 4.84. The van der Waals surface area contributed by atoms with E-state index >= 15 is 0 Å². The van der Waals surface area contributed by atoms with Crippen molar-refractivity contribution in [3.05, 3.63) is 64.0 Å². The molecule has 2 aliphatic rings. The number of benzene rings is 2. The number of fused-ring (bicyclic) bond motifs is 2. The minimum Gasteiger partial charge on any atom is -0.497 e. The van der Waals surface area contributed by atoms with Crippen LogP contribution in [0.4, 0.5) is 10.5 Å². The number of rotatable bonds is 6. The highest BCUT2D eigenvalue weighted by Gasteiger charge is 2.23. The summed E-state index contributed by atoms with van der Waals surface area (Å²) < 4.78 is 5.23. The fourth-order valence-electron chi connectivity index (χ4n) is 3.34. The van der Waals surface area contributed by atoms with E-state index < -0.39 is 0 Å². The first-order valence-electron chi connectivity index (χ1n) is 9.42. The van der Waals surface area contributed by atoms with Crippen LogP contribution < -0.4 is 25.8 Å². The van der Waals surface area contributed by atoms with Crippen molar-refractivity contribution in [1.82, 2.24) is 5.32 Å². The average molecular weight is 374 g/mol. The van der Waals surface area contributed by atoms with E-state index in [9.17, 15) is 4.79 Å². The van der Waals surface area contributed by atoms with Gasteiger partial charge in [0.2, 0.25) is 0 Å². The Morgan fingerprint density at radius 2 is 1.86 bits per heavy atom. The predicted octanol–water partition coefficient (Wildman–Crippen LogP) is 3.40. The van der Waals surface area contributed by atoms with Crippen molar-refractivity contribution >= 4 is 29.2 Å². The summed E-state index contributed by atoms with van der Waals surface area (Å²) >= 11 is 0. The summed E-state index contributed by atoms with van der Waals surface area (Å²) in [7, 11) is 1.65. The molecular formula is C22H22N4O2. The molecule has 6 heteroatoms. The molecule has 2 N–H and O–H groups in total. The van der Waals surface area contributed by atoms with E-state index in [1.165, 1.54) is 0 Å². The number of nitrogens with zero attached hydrogens (tertiary/aromatic N) is 2. The normalized spacial score (nSPS) is 13.9. The Hall–Kier alpha value is -3.41. The van der Waals surface area contributed by atoms with Crippen molar-refractivity contribution in [3.63, 3.8) is 0 Å². The van der Waals surface area contributed by atoms with Gasteiger partial charge < -0.3 is 15.4 Å². The summed E-state index contributed by atoms with van der Waals surface area (Å²) in [5.41, 5.74) is 4.39. The van der Waals surface area contributed by atoms with Gasteiger partial charge in [0.05, 0.1) is 12.8 Å². The molecule has 0 radical (unpaired) electrons. The van der Waals surface area contributed by atoms with E-state index in [0.29, 0.717) is 6.54 Å². The smallest absolute Gasteiger partial charge is 0.319 e. The monoisotopic (exact) mass is 374 g/mol. The van der Waals surface area contributed by atoms with E-state index in [0.717, 1.165) is 57.2 Å². The molecule has 0 bridgehead atoms. The van der Waals surface area contributed by atoms with E-state index in [2.05, 4.69) is 27.8 Å². The second kappa shape index (κ2) is 7.68. The van der Waals surface area contributed by atoms with Crippen LogP contribution in [0, 0.1) is 0 Å². The van der Waals surface area contributed by atoms with Crippen LogP contribution in [0.2, 0.25) is 0 Å². The second-order valence-corrected chi connectivity index (χ2v) is 6.68. The third-order valence-corrected chi connectivity index (χ3v) is 4.84. The minimum atomic E-state index is -0.191. The molecule has 2 aromatic carbocycles. The summed E-state index contributed by atoms with van der Waals surface area (Å²) in [5, 5.41) is 16.6. The first-order chi connectivity index (χ1) is 13.7. The van der Waals surface area contributed by atoms with Crippen LogP contribution in [0.25, 0.3) is 17.5 Å². The van der Waals surface area contributed by atoms with Gasteiger partial charge in [-0.25, -0.2) is 4.79 Å². The molecule has 142 valence electrons. The molecule has 2 aromatic rings. The highest BCUT2D eigenvalue weighted by atomic mass is 16.5. The topological polar surface area (TPSA) is 75.1 Å². The number of azo groups is 1. The Kier molecular flexibility index (Phi) is 4.93. The predicted molar refractivity (Wildman–Crippen MR) is 110 cm³/mol. The van der Waals surface area contributed by atoms with Gasteiger partial charge in [-0.2, -0.15) is 0 Å². The molecule has 0 spiro atoms. The van der Waals surface area contributed by atoms with Crippen LogP contribution in [-0.2, 0) is 0 Å². The van der Waals surface area contributed by atoms with Gasteiger partial charge in [0.1, 0.15) is 17.1 Å². The summed E-state index contributed by atoms with van der Waals surface area (Å²) in [6, 6.07) is 13.4. The molecule has 28 heavy (non-hydrogen) atoms. The van der Waals surface area contributed by atoms with Gasteiger partial charge in [-0.05, 0) is 42.8 Å². The van der Waals surface area contributed by atoms with Gasteiger partial charge in [-0.3, -0.25) is 0 Å². The van der Waals surface area contributed by atoms with Crippen LogP contribution in [0.1, 0.15) is 25.3 Å². The first kappa shape index (κ1) is 18.0. The van der Waals surface area contributed by atoms with E-state index in [1.807, 2.05) is 48.5 Å². The Labute approximate surface area is 163 Å². The van der Waals surface area contributed by atoms with Gasteiger partial charge in [-0.1, -0.05) is 25.5 Å². The highest BCUT2D eigenvalue weighted by Crippen LogP contribution is 2.35. The number of urea groups is 1. The largest absolute Gasteiger partial charge is 0.497 e. The number of methoxy groups -OCH3 is 1. The number of amides is 2. The molecule has 6 nitrogen and oxygen atoms in total. The van der Waals surface area contributed by atoms with Crippen molar-refractivity contribution in [3.8, 4) is 5.75 Å². The van der Waals surface area contributed by atoms with Crippen LogP contribution in [-0.4, -0.2) is 19.7 Å². The lowest BCUT2D eigenvalue weighted by Crippen LogP contribution is -2.34. The number of hydrogen-bond acceptors (Lipinski definition) is 4. The van der Waals surface area contributed by atoms with Crippen LogP contribution in [0.3, 0.4) is 0 Å². The van der Waals surface area contributed by atoms with Crippen molar-refractivity contribution in [2.24, 2.45) is 10.2 Å². The molecule has 0 atom stereocenters. The molecule has 0 aromatic heterocycles. The fourth-order valence-corrected chi connectivity index (χ4v) is 3.34. The standard InChI is InChI=1S/C22H22N4O2/c1-3-4-12-23-22(27)24-19-7-5-6-16-17(19)13-18-20(25-26-21(16)18)14-8-10-15(28-2)11-9-14/h5-11,13H,3-4,12H2,1-2H3,(H2,23,24,27). The number of unbranched alkanes of at least 4 members (excludes halogenated alkanes) is 1. The molecule has 1 heterocycles. The van der Waals surface area contributed by atoms with Gasteiger partial charge in [0, 0.05) is 28.1 Å². The Morgan fingerprint density at radius 3 is 2.61 bits per heavy atom. The molecular weight excluding hydrogens is 352 g/mol. The van der Waals surface area contributed by atoms with Crippen LogP contribution >= 0.6 is 0 Å². The SMILES string of the molecule is CCCCNC(=O)Nc1cccc2c1=CC1=C(c3ccc(OC)cc3)N=NC=21. The lowest BCUT2D eigenvalue weighted by Gasteiger charge is -2.07. The third kappa shape index (κ3) is 3.29. The fraction of sp³-hybridized carbons (Fsp3) is 0.227. The first-order valence-corrected chi connectivity index (χ1v) is 9.42. The van der Waals surface area contributed by atoms with Gasteiger partial charge in [0.15, 0.2) is 0 Å². The highest BCUT2D eigenvalue weighted by molar-refractivity contribution is 5.98. The summed E-state index contributed by atoms with van der Waals surface area (Å²) in [4.78, 5) is 12.2. The number of anilines is 1. The zero-order valence-electron chi connectivity index (χ0n) is 16.0. The minimum absolute atomic E-state index is 0.191. The van der Waals surface area contributed by atoms with Gasteiger partial charge in [-0.15, -0.1) is 10.2 Å². The molecule has 0 unspecified atom stereocenters. The summed E-state index contributed by atoms with van der Waals surface area (Å²) in [6.45, 7) is 2.76. The van der Waals surface area contributed by atoms with E-state index in [4.69, 9.17) is 4.74 Å². The van der Waals surface area contributed by atoms with Crippen molar-refractivity contribution in [2.45, 2.75) is 19.8 Å². The molecule has 0 saturated heterocycles. The van der Waals surface area contributed by atoms with Crippen molar-refractivity contribution < 1.29 is 9.53 Å². The maximum Gasteiger partial charge on any atom is 0.319 e. The molecule has 4 rings (SSSR count). The zero-order chi connectivity index (χ0) is 19.5. The maximum absolute atomic E-state index is 12.2. The quantitative estimate of drug-likeness (QED) is 0.761. The number of carbonyl (C=O) groups is 1. The molecule has 2 amide bonds. The molecule has 1 aliphatic heterocycles. The van der Waals surface area contributed by atoms with Crippen molar-refractivity contribution in [2.75, 3.05) is 19.0 Å². The average Bonchev–Trinajstić information content (AvgIpc) is 3.28. The Bertz CT molecular complexity index is 1100. The van der Waals surface area contributed by atoms with Crippen molar-refractivity contribution in [1.29, 1.82) is 0 Å². The molecule has 0 fully saturated rings. The number of carbonyl (C=O) groups excluding carboxylic acids is 1. The molecule has 0 saturated carbocycles. The van der Waals surface area contributed by atoms with Crippen LogP contribution in [0.5, 0.6) is 5.75 Å². The summed E-state index contributed by atoms with van der Waals surface area (Å²) in [5.74, 6) is 0.799. The lowest BCUT2D eigenvalue weighted by molar-refractivity contribution is 0.252.